The third-order valence-corrected chi connectivity index (χ3v) is 8.61. The van der Waals surface area contributed by atoms with Crippen LogP contribution in [-0.2, 0) is 18.3 Å². The topological polar surface area (TPSA) is 44.1 Å². The number of aryl methyl sites for hydroxylation is 2. The van der Waals surface area contributed by atoms with Crippen molar-refractivity contribution in [2.45, 2.75) is 59.3 Å². The first-order valence-electron chi connectivity index (χ1n) is 11.9. The first-order valence-corrected chi connectivity index (χ1v) is 12.7. The molecule has 1 aliphatic rings. The van der Waals surface area contributed by atoms with Crippen LogP contribution in [0.5, 0.6) is 5.75 Å². The van der Waals surface area contributed by atoms with Gasteiger partial charge in [0.25, 0.3) is 0 Å². The van der Waals surface area contributed by atoms with Crippen molar-refractivity contribution < 1.29 is 9.53 Å². The van der Waals surface area contributed by atoms with Crippen molar-refractivity contribution in [3.05, 3.63) is 57.7 Å². The third kappa shape index (κ3) is 4.75. The van der Waals surface area contributed by atoms with Crippen LogP contribution < -0.4 is 4.74 Å². The predicted molar refractivity (Wildman–Crippen MR) is 138 cm³/mol. The fourth-order valence-corrected chi connectivity index (χ4v) is 6.24. The van der Waals surface area contributed by atoms with Gasteiger partial charge in [0.2, 0.25) is 0 Å². The molecule has 5 heteroatoms. The minimum atomic E-state index is -0.0223. The van der Waals surface area contributed by atoms with Crippen LogP contribution in [0.4, 0.5) is 0 Å². The third-order valence-electron chi connectivity index (χ3n) is 8.15. The summed E-state index contributed by atoms with van der Waals surface area (Å²) in [5, 5.41) is 5.94. The molecule has 1 aromatic heterocycles. The molecule has 4 nitrogen and oxygen atoms in total. The SMILES string of the molecule is COc1ccc([C@H](C)C2CC(=O)C[C@@](C)([C@@H](C)Cc3cc(Br)cc4nn(C)c(C)c34)C2)cc1. The largest absolute Gasteiger partial charge is 0.497 e. The Labute approximate surface area is 205 Å². The van der Waals surface area contributed by atoms with Crippen LogP contribution >= 0.6 is 15.9 Å². The summed E-state index contributed by atoms with van der Waals surface area (Å²) in [6, 6.07) is 12.7. The van der Waals surface area contributed by atoms with Crippen LogP contribution in [0.25, 0.3) is 10.9 Å². The number of halogens is 1. The molecule has 0 saturated heterocycles. The molecule has 4 atom stereocenters. The highest BCUT2D eigenvalue weighted by molar-refractivity contribution is 9.10. The molecular weight excluding hydrogens is 476 g/mol. The van der Waals surface area contributed by atoms with E-state index in [0.29, 0.717) is 36.4 Å². The smallest absolute Gasteiger partial charge is 0.133 e. The molecular formula is C28H35BrN2O2. The minimum Gasteiger partial charge on any atom is -0.497 e. The summed E-state index contributed by atoms with van der Waals surface area (Å²) < 4.78 is 8.34. The standard InChI is InChI=1S/C28H35BrN2O2/c1-17(11-21-12-23(29)14-26-27(21)19(3)31(5)30-26)28(4)15-22(13-24(32)16-28)18(2)20-7-9-25(33-6)10-8-20/h7-10,12,14,17-18,22H,11,13,15-16H2,1-6H3/t17-,18-,22?,28-/m0/s1. The summed E-state index contributed by atoms with van der Waals surface area (Å²) >= 11 is 3.68. The highest BCUT2D eigenvalue weighted by Gasteiger charge is 2.42. The molecule has 2 aromatic carbocycles. The Kier molecular flexibility index (Phi) is 6.73. The van der Waals surface area contributed by atoms with Gasteiger partial charge < -0.3 is 4.74 Å². The molecule has 0 amide bonds. The van der Waals surface area contributed by atoms with E-state index in [0.717, 1.165) is 28.6 Å². The summed E-state index contributed by atoms with van der Waals surface area (Å²) in [4.78, 5) is 13.0. The lowest BCUT2D eigenvalue weighted by molar-refractivity contribution is -0.127. The maximum absolute atomic E-state index is 13.0. The number of hydrogen-bond acceptors (Lipinski definition) is 3. The van der Waals surface area contributed by atoms with Crippen LogP contribution in [0.3, 0.4) is 0 Å². The number of ether oxygens (including phenoxy) is 1. The monoisotopic (exact) mass is 510 g/mol. The van der Waals surface area contributed by atoms with E-state index in [1.807, 2.05) is 23.9 Å². The van der Waals surface area contributed by atoms with E-state index in [4.69, 9.17) is 4.74 Å². The summed E-state index contributed by atoms with van der Waals surface area (Å²) in [5.41, 5.74) is 4.80. The van der Waals surface area contributed by atoms with Crippen molar-refractivity contribution >= 4 is 32.6 Å². The van der Waals surface area contributed by atoms with E-state index in [2.05, 4.69) is 73.0 Å². The molecule has 1 heterocycles. The number of nitrogens with zero attached hydrogens (tertiary/aromatic N) is 2. The van der Waals surface area contributed by atoms with E-state index in [9.17, 15) is 4.79 Å². The Morgan fingerprint density at radius 1 is 1.24 bits per heavy atom. The molecule has 1 aliphatic carbocycles. The molecule has 4 rings (SSSR count). The summed E-state index contributed by atoms with van der Waals surface area (Å²) in [6.07, 6.45) is 3.35. The van der Waals surface area contributed by atoms with Gasteiger partial charge in [-0.1, -0.05) is 48.8 Å². The Morgan fingerprint density at radius 3 is 2.61 bits per heavy atom. The lowest BCUT2D eigenvalue weighted by atomic mass is 9.60. The van der Waals surface area contributed by atoms with Crippen molar-refractivity contribution in [1.82, 2.24) is 9.78 Å². The van der Waals surface area contributed by atoms with Gasteiger partial charge >= 0.3 is 0 Å². The van der Waals surface area contributed by atoms with Crippen LogP contribution in [-0.4, -0.2) is 22.7 Å². The Hall–Kier alpha value is -2.14. The Bertz CT molecular complexity index is 1170. The molecule has 1 fully saturated rings. The van der Waals surface area contributed by atoms with Crippen molar-refractivity contribution in [1.29, 1.82) is 0 Å². The van der Waals surface area contributed by atoms with Crippen LogP contribution in [0.1, 0.15) is 62.8 Å². The van der Waals surface area contributed by atoms with Crippen molar-refractivity contribution in [2.24, 2.45) is 24.3 Å². The first-order chi connectivity index (χ1) is 15.6. The number of aromatic nitrogens is 2. The van der Waals surface area contributed by atoms with Crippen molar-refractivity contribution in [3.8, 4) is 5.75 Å². The molecule has 0 N–H and O–H groups in total. The molecule has 0 aliphatic heterocycles. The fraction of sp³-hybridized carbons (Fsp3) is 0.500. The summed E-state index contributed by atoms with van der Waals surface area (Å²) in [5.74, 6) is 2.34. The second kappa shape index (κ2) is 9.25. The Morgan fingerprint density at radius 2 is 1.94 bits per heavy atom. The van der Waals surface area contributed by atoms with Crippen molar-refractivity contribution in [3.63, 3.8) is 0 Å². The zero-order valence-corrected chi connectivity index (χ0v) is 22.2. The highest BCUT2D eigenvalue weighted by Crippen LogP contribution is 2.48. The highest BCUT2D eigenvalue weighted by atomic mass is 79.9. The quantitative estimate of drug-likeness (QED) is 0.358. The van der Waals surface area contributed by atoms with Gasteiger partial charge in [0.1, 0.15) is 11.5 Å². The van der Waals surface area contributed by atoms with Gasteiger partial charge in [-0.25, -0.2) is 0 Å². The van der Waals surface area contributed by atoms with E-state index in [1.165, 1.54) is 22.2 Å². The van der Waals surface area contributed by atoms with Gasteiger partial charge in [0.05, 0.1) is 12.6 Å². The summed E-state index contributed by atoms with van der Waals surface area (Å²) in [6.45, 7) is 9.06. The number of fused-ring (bicyclic) bond motifs is 1. The maximum Gasteiger partial charge on any atom is 0.133 e. The normalized spacial score (nSPS) is 23.0. The van der Waals surface area contributed by atoms with E-state index < -0.39 is 0 Å². The molecule has 1 unspecified atom stereocenters. The van der Waals surface area contributed by atoms with Crippen LogP contribution in [0.15, 0.2) is 40.9 Å². The Balaban J connectivity index is 1.58. The number of carbonyl (C=O) groups excluding carboxylic acids is 1. The minimum absolute atomic E-state index is 0.0223. The molecule has 0 radical (unpaired) electrons. The lowest BCUT2D eigenvalue weighted by Crippen LogP contribution is -2.38. The molecule has 0 spiro atoms. The van der Waals surface area contributed by atoms with Gasteiger partial charge in [-0.2, -0.15) is 5.10 Å². The number of ketones is 1. The van der Waals surface area contributed by atoms with Crippen LogP contribution in [0.2, 0.25) is 0 Å². The number of hydrogen-bond donors (Lipinski definition) is 0. The zero-order chi connectivity index (χ0) is 23.9. The molecule has 1 saturated carbocycles. The van der Waals surface area contributed by atoms with Gasteiger partial charge in [-0.3, -0.25) is 9.48 Å². The second-order valence-electron chi connectivity index (χ2n) is 10.4. The number of methoxy groups -OCH3 is 1. The molecule has 3 aromatic rings. The van der Waals surface area contributed by atoms with Gasteiger partial charge in [-0.15, -0.1) is 0 Å². The number of carbonyl (C=O) groups is 1. The lowest BCUT2D eigenvalue weighted by Gasteiger charge is -2.44. The van der Waals surface area contributed by atoms with E-state index in [-0.39, 0.29) is 5.41 Å². The number of Topliss-reactive ketones (excluding diaryl/α,β-unsaturated/α-hetero) is 1. The first kappa shape index (κ1) is 24.0. The average Bonchev–Trinajstić information content (AvgIpc) is 3.05. The predicted octanol–water partition coefficient (Wildman–Crippen LogP) is 7.01. The molecule has 0 bridgehead atoms. The van der Waals surface area contributed by atoms with Gasteiger partial charge in [0.15, 0.2) is 0 Å². The molecule has 176 valence electrons. The van der Waals surface area contributed by atoms with Gasteiger partial charge in [-0.05, 0) is 78.3 Å². The molecule has 33 heavy (non-hydrogen) atoms. The average molecular weight is 512 g/mol. The second-order valence-corrected chi connectivity index (χ2v) is 11.3. The van der Waals surface area contributed by atoms with Crippen molar-refractivity contribution in [2.75, 3.05) is 7.11 Å². The van der Waals surface area contributed by atoms with Crippen LogP contribution in [0, 0.1) is 24.2 Å². The zero-order valence-electron chi connectivity index (χ0n) is 20.6. The van der Waals surface area contributed by atoms with E-state index >= 15 is 0 Å². The maximum atomic E-state index is 13.0. The number of rotatable bonds is 6. The number of benzene rings is 2. The summed E-state index contributed by atoms with van der Waals surface area (Å²) in [7, 11) is 3.69. The van der Waals surface area contributed by atoms with E-state index in [1.54, 1.807) is 7.11 Å². The fourth-order valence-electron chi connectivity index (χ4n) is 5.75. The van der Waals surface area contributed by atoms with Gasteiger partial charge in [0, 0.05) is 35.4 Å².